The quantitative estimate of drug-likeness (QED) is 0.761. The van der Waals surface area contributed by atoms with E-state index in [9.17, 15) is 0 Å². The number of nitrogens with one attached hydrogen (secondary N) is 1. The lowest BCUT2D eigenvalue weighted by Gasteiger charge is -2.06. The lowest BCUT2D eigenvalue weighted by Crippen LogP contribution is -2.02. The van der Waals surface area contributed by atoms with Gasteiger partial charge in [-0.3, -0.25) is 0 Å². The smallest absolute Gasteiger partial charge is 0.153 e. The molecular weight excluding hydrogens is 250 g/mol. The van der Waals surface area contributed by atoms with Gasteiger partial charge in [-0.1, -0.05) is 12.1 Å². The molecule has 0 fully saturated rings. The van der Waals surface area contributed by atoms with Crippen molar-refractivity contribution in [3.8, 4) is 0 Å². The van der Waals surface area contributed by atoms with E-state index in [1.54, 1.807) is 4.52 Å². The number of anilines is 2. The molecule has 2 heterocycles. The zero-order valence-electron chi connectivity index (χ0n) is 11.4. The first-order valence-corrected chi connectivity index (χ1v) is 6.64. The van der Waals surface area contributed by atoms with E-state index in [1.165, 1.54) is 5.56 Å². The molecule has 3 N–H and O–H groups in total. The number of benzene rings is 1. The largest absolute Gasteiger partial charge is 0.339 e. The number of nitrogens with two attached hydrogens (primary N) is 1. The number of nitrogens with zero attached hydrogens (tertiary/aromatic N) is 3. The van der Waals surface area contributed by atoms with Crippen molar-refractivity contribution in [2.75, 3.05) is 11.9 Å². The number of aryl methyl sites for hydroxylation is 1. The van der Waals surface area contributed by atoms with Gasteiger partial charge in [0.15, 0.2) is 11.5 Å². The van der Waals surface area contributed by atoms with E-state index in [-0.39, 0.29) is 0 Å². The van der Waals surface area contributed by atoms with E-state index in [2.05, 4.69) is 34.5 Å². The number of hydrogen-bond donors (Lipinski definition) is 2. The maximum absolute atomic E-state index is 5.55. The molecule has 0 radical (unpaired) electrons. The van der Waals surface area contributed by atoms with Crippen molar-refractivity contribution in [1.82, 2.24) is 14.6 Å². The van der Waals surface area contributed by atoms with Crippen molar-refractivity contribution in [2.45, 2.75) is 13.3 Å². The van der Waals surface area contributed by atoms with Crippen LogP contribution in [0.1, 0.15) is 11.3 Å². The minimum atomic E-state index is 0.596. The summed E-state index contributed by atoms with van der Waals surface area (Å²) in [4.78, 5) is 4.46. The lowest BCUT2D eigenvalue weighted by atomic mass is 10.2. The van der Waals surface area contributed by atoms with Crippen LogP contribution in [0, 0.1) is 6.92 Å². The van der Waals surface area contributed by atoms with Gasteiger partial charge in [-0.25, -0.2) is 9.50 Å². The van der Waals surface area contributed by atoms with Gasteiger partial charge in [0.05, 0.1) is 11.9 Å². The Morgan fingerprint density at radius 3 is 2.95 bits per heavy atom. The molecule has 0 saturated heterocycles. The highest BCUT2D eigenvalue weighted by Crippen LogP contribution is 2.16. The highest BCUT2D eigenvalue weighted by molar-refractivity contribution is 5.58. The summed E-state index contributed by atoms with van der Waals surface area (Å²) in [7, 11) is 0. The molecule has 0 bridgehead atoms. The van der Waals surface area contributed by atoms with Crippen molar-refractivity contribution < 1.29 is 0 Å². The van der Waals surface area contributed by atoms with Crippen LogP contribution >= 0.6 is 0 Å². The fraction of sp³-hybridized carbons (Fsp3) is 0.200. The monoisotopic (exact) mass is 267 g/mol. The second-order valence-electron chi connectivity index (χ2n) is 4.79. The maximum Gasteiger partial charge on any atom is 0.153 e. The van der Waals surface area contributed by atoms with E-state index in [4.69, 9.17) is 5.73 Å². The molecule has 0 unspecified atom stereocenters. The zero-order chi connectivity index (χ0) is 13.9. The molecule has 20 heavy (non-hydrogen) atoms. The zero-order valence-corrected chi connectivity index (χ0v) is 11.4. The molecule has 0 spiro atoms. The Morgan fingerprint density at radius 2 is 2.15 bits per heavy atom. The van der Waals surface area contributed by atoms with Gasteiger partial charge in [-0.05, 0) is 43.3 Å². The van der Waals surface area contributed by atoms with Crippen LogP contribution in [0.15, 0.2) is 42.6 Å². The summed E-state index contributed by atoms with van der Waals surface area (Å²) < 4.78 is 1.78. The second-order valence-corrected chi connectivity index (χ2v) is 4.79. The van der Waals surface area contributed by atoms with E-state index < -0.39 is 0 Å². The van der Waals surface area contributed by atoms with Crippen LogP contribution < -0.4 is 11.1 Å². The highest BCUT2D eigenvalue weighted by atomic mass is 15.3. The summed E-state index contributed by atoms with van der Waals surface area (Å²) in [6, 6.07) is 12.1. The van der Waals surface area contributed by atoms with E-state index in [0.717, 1.165) is 29.3 Å². The molecule has 3 aromatic rings. The average Bonchev–Trinajstić information content (AvgIpc) is 2.81. The summed E-state index contributed by atoms with van der Waals surface area (Å²) in [5, 5.41) is 7.80. The van der Waals surface area contributed by atoms with Gasteiger partial charge in [0.2, 0.25) is 0 Å². The Labute approximate surface area is 117 Å². The molecule has 0 saturated carbocycles. The Kier molecular flexibility index (Phi) is 3.35. The van der Waals surface area contributed by atoms with Crippen LogP contribution in [0.3, 0.4) is 0 Å². The summed E-state index contributed by atoms with van der Waals surface area (Å²) in [5.74, 6) is 0.791. The molecular formula is C15H17N5. The highest BCUT2D eigenvalue weighted by Gasteiger charge is 2.03. The number of fused-ring (bicyclic) bond motifs is 1. The predicted octanol–water partition coefficient (Wildman–Crippen LogP) is 2.28. The van der Waals surface area contributed by atoms with Crippen LogP contribution in [0.5, 0.6) is 0 Å². The molecule has 2 aromatic heterocycles. The van der Waals surface area contributed by atoms with Crippen LogP contribution in [-0.4, -0.2) is 21.1 Å². The van der Waals surface area contributed by atoms with Gasteiger partial charge in [0.1, 0.15) is 0 Å². The fourth-order valence-electron chi connectivity index (χ4n) is 2.14. The Balaban J connectivity index is 1.88. The summed E-state index contributed by atoms with van der Waals surface area (Å²) in [5.41, 5.74) is 9.59. The normalized spacial score (nSPS) is 10.9. The second kappa shape index (κ2) is 5.30. The summed E-state index contributed by atoms with van der Waals surface area (Å²) >= 11 is 0. The average molecular weight is 267 g/mol. The number of imidazole rings is 1. The standard InChI is InChI=1S/C15H17N5/c1-11-3-2-4-12(9-11)17-14-5-6-15-18-13(7-8-16)10-20(15)19-14/h2-6,9-10H,7-8,16H2,1H3,(H,17,19). The first-order chi connectivity index (χ1) is 9.74. The number of aromatic nitrogens is 3. The van der Waals surface area contributed by atoms with Crippen LogP contribution in [0.2, 0.25) is 0 Å². The maximum atomic E-state index is 5.55. The van der Waals surface area contributed by atoms with Crippen LogP contribution in [-0.2, 0) is 6.42 Å². The molecule has 1 aromatic carbocycles. The molecule has 0 aliphatic rings. The van der Waals surface area contributed by atoms with Gasteiger partial charge in [0.25, 0.3) is 0 Å². The molecule has 0 aliphatic heterocycles. The molecule has 0 aliphatic carbocycles. The SMILES string of the molecule is Cc1cccc(Nc2ccc3nc(CCN)cn3n2)c1. The van der Waals surface area contributed by atoms with Gasteiger partial charge >= 0.3 is 0 Å². The molecule has 5 nitrogen and oxygen atoms in total. The third kappa shape index (κ3) is 2.62. The predicted molar refractivity (Wildman–Crippen MR) is 80.2 cm³/mol. The Morgan fingerprint density at radius 1 is 1.25 bits per heavy atom. The molecule has 3 rings (SSSR count). The van der Waals surface area contributed by atoms with E-state index >= 15 is 0 Å². The molecule has 0 atom stereocenters. The third-order valence-electron chi connectivity index (χ3n) is 3.06. The Hall–Kier alpha value is -2.40. The van der Waals surface area contributed by atoms with Crippen molar-refractivity contribution >= 4 is 17.2 Å². The minimum Gasteiger partial charge on any atom is -0.339 e. The first-order valence-electron chi connectivity index (χ1n) is 6.64. The number of rotatable bonds is 4. The lowest BCUT2D eigenvalue weighted by molar-refractivity contribution is 0.917. The van der Waals surface area contributed by atoms with Gasteiger partial charge < -0.3 is 11.1 Å². The van der Waals surface area contributed by atoms with Gasteiger partial charge in [-0.15, -0.1) is 5.10 Å². The topological polar surface area (TPSA) is 68.2 Å². The molecule has 0 amide bonds. The first kappa shape index (κ1) is 12.6. The van der Waals surface area contributed by atoms with Crippen LogP contribution in [0.25, 0.3) is 5.65 Å². The van der Waals surface area contributed by atoms with Crippen LogP contribution in [0.4, 0.5) is 11.5 Å². The van der Waals surface area contributed by atoms with Crippen molar-refractivity contribution in [1.29, 1.82) is 0 Å². The summed E-state index contributed by atoms with van der Waals surface area (Å²) in [6.07, 6.45) is 2.69. The fourth-order valence-corrected chi connectivity index (χ4v) is 2.14. The third-order valence-corrected chi connectivity index (χ3v) is 3.06. The molecule has 5 heteroatoms. The van der Waals surface area contributed by atoms with E-state index in [0.29, 0.717) is 6.54 Å². The van der Waals surface area contributed by atoms with Gasteiger partial charge in [-0.2, -0.15) is 0 Å². The van der Waals surface area contributed by atoms with Crippen molar-refractivity contribution in [3.05, 3.63) is 53.9 Å². The molecule has 102 valence electrons. The minimum absolute atomic E-state index is 0.596. The Bertz CT molecular complexity index is 732. The summed E-state index contributed by atoms with van der Waals surface area (Å²) in [6.45, 7) is 2.66. The van der Waals surface area contributed by atoms with Crippen molar-refractivity contribution in [3.63, 3.8) is 0 Å². The van der Waals surface area contributed by atoms with Crippen molar-refractivity contribution in [2.24, 2.45) is 5.73 Å². The number of hydrogen-bond acceptors (Lipinski definition) is 4. The van der Waals surface area contributed by atoms with Gasteiger partial charge in [0, 0.05) is 12.1 Å². The van der Waals surface area contributed by atoms with E-state index in [1.807, 2.05) is 30.5 Å².